The molecule has 0 atom stereocenters. The molecule has 8 saturated carbocycles. The van der Waals surface area contributed by atoms with Gasteiger partial charge in [-0.05, 0) is 178 Å². The van der Waals surface area contributed by atoms with Gasteiger partial charge in [0.2, 0.25) is 11.8 Å². The van der Waals surface area contributed by atoms with E-state index in [2.05, 4.69) is 6.92 Å². The number of aryl methyl sites for hydroxylation is 1. The molecule has 0 spiro atoms. The van der Waals surface area contributed by atoms with E-state index in [1.807, 2.05) is 47.4 Å². The molecule has 2 aromatic carbocycles. The van der Waals surface area contributed by atoms with E-state index >= 15 is 4.79 Å². The normalized spacial score (nSPS) is 34.3. The Kier molecular flexibility index (Phi) is 7.24. The lowest BCUT2D eigenvalue weighted by Gasteiger charge is -2.72. The average Bonchev–Trinajstić information content (AvgIpc) is 3.07. The van der Waals surface area contributed by atoms with Crippen molar-refractivity contribution in [2.24, 2.45) is 57.5 Å². The average molecular weight is 722 g/mol. The number of pyridine rings is 2. The first-order valence-corrected chi connectivity index (χ1v) is 20.0. The number of halogens is 2. The maximum Gasteiger partial charge on any atom is 0.239 e. The minimum Gasteiger partial charge on any atom is -0.370 e. The number of hydrogen-bond donors (Lipinski definition) is 1. The summed E-state index contributed by atoms with van der Waals surface area (Å²) in [5, 5.41) is 2.51. The molecule has 0 unspecified atom stereocenters. The van der Waals surface area contributed by atoms with Crippen LogP contribution in [-0.2, 0) is 9.59 Å². The van der Waals surface area contributed by atoms with E-state index < -0.39 is 5.41 Å². The Morgan fingerprint density at radius 3 is 1.82 bits per heavy atom. The van der Waals surface area contributed by atoms with Crippen molar-refractivity contribution in [3.63, 3.8) is 0 Å². The monoisotopic (exact) mass is 720 g/mol. The van der Waals surface area contributed by atoms with Gasteiger partial charge in [-0.25, -0.2) is 4.98 Å². The van der Waals surface area contributed by atoms with Gasteiger partial charge >= 0.3 is 0 Å². The first-order chi connectivity index (χ1) is 24.6. The van der Waals surface area contributed by atoms with E-state index in [-0.39, 0.29) is 29.1 Å². The van der Waals surface area contributed by atoms with Gasteiger partial charge in [0.15, 0.2) is 0 Å². The Morgan fingerprint density at radius 2 is 1.27 bits per heavy atom. The molecule has 2 aromatic heterocycles. The smallest absolute Gasteiger partial charge is 0.239 e. The van der Waals surface area contributed by atoms with Crippen molar-refractivity contribution in [3.8, 4) is 0 Å². The van der Waals surface area contributed by atoms with Crippen LogP contribution in [0, 0.1) is 58.7 Å². The summed E-state index contributed by atoms with van der Waals surface area (Å²) in [6.07, 6.45) is 15.4. The zero-order valence-electron chi connectivity index (χ0n) is 29.3. The topological polar surface area (TPSA) is 89.2 Å². The van der Waals surface area contributed by atoms with Crippen LogP contribution in [0.1, 0.15) is 89.0 Å². The summed E-state index contributed by atoms with van der Waals surface area (Å²) in [6.45, 7) is 2.06. The lowest BCUT2D eigenvalue weighted by Crippen LogP contribution is -2.70. The van der Waals surface area contributed by atoms with Crippen LogP contribution in [0.15, 0.2) is 54.7 Å². The van der Waals surface area contributed by atoms with Gasteiger partial charge in [-0.15, -0.1) is 0 Å². The summed E-state index contributed by atoms with van der Waals surface area (Å²) >= 11 is 13.8. The standard InChI is InChI=1S/C43H46Cl2N4O2/c1-24-4-7-35-32(5-9-36(45)48-35)38(24)49(39-31-3-2-10-47-34(31)8-6-33(39)44)40(51)43(23-37(46)50,41-17-25-11-26(18-41)13-27(12-25)19-41)42-20-28-14-29(21-42)16-30(15-28)22-42/h2-10,25-30H,11-23H2,1H3,(H2,46,50). The number of primary amides is 1. The molecular weight excluding hydrogens is 675 g/mol. The fourth-order valence-corrected chi connectivity index (χ4v) is 14.8. The van der Waals surface area contributed by atoms with E-state index in [0.29, 0.717) is 56.9 Å². The summed E-state index contributed by atoms with van der Waals surface area (Å²) in [7, 11) is 0. The lowest BCUT2D eigenvalue weighted by atomic mass is 9.32. The molecule has 0 radical (unpaired) electrons. The van der Waals surface area contributed by atoms with Crippen molar-refractivity contribution in [2.45, 2.75) is 90.4 Å². The molecule has 4 aromatic rings. The molecule has 6 nitrogen and oxygen atoms in total. The minimum atomic E-state index is -0.986. The van der Waals surface area contributed by atoms with E-state index in [0.717, 1.165) is 66.1 Å². The van der Waals surface area contributed by atoms with Crippen molar-refractivity contribution in [3.05, 3.63) is 70.5 Å². The molecular formula is C43H46Cl2N4O2. The minimum absolute atomic E-state index is 0.00834. The number of fused-ring (bicyclic) bond motifs is 2. The van der Waals surface area contributed by atoms with Crippen LogP contribution in [0.5, 0.6) is 0 Å². The molecule has 2 N–H and O–H groups in total. The summed E-state index contributed by atoms with van der Waals surface area (Å²) in [5.74, 6) is 3.20. The molecule has 8 heteroatoms. The second kappa shape index (κ2) is 11.4. The fourth-order valence-electron chi connectivity index (χ4n) is 14.4. The van der Waals surface area contributed by atoms with Crippen LogP contribution in [0.25, 0.3) is 21.8 Å². The van der Waals surface area contributed by atoms with Crippen LogP contribution < -0.4 is 10.6 Å². The number of benzene rings is 2. The van der Waals surface area contributed by atoms with Gasteiger partial charge in [-0.2, -0.15) is 0 Å². The summed E-state index contributed by atoms with van der Waals surface area (Å²) in [6, 6.07) is 15.5. The summed E-state index contributed by atoms with van der Waals surface area (Å²) in [4.78, 5) is 42.6. The second-order valence-electron chi connectivity index (χ2n) is 18.0. The van der Waals surface area contributed by atoms with Gasteiger partial charge < -0.3 is 5.73 Å². The number of anilines is 2. The van der Waals surface area contributed by atoms with Gasteiger partial charge in [-0.1, -0.05) is 29.3 Å². The molecule has 2 heterocycles. The quantitative estimate of drug-likeness (QED) is 0.192. The number of hydrogen-bond acceptors (Lipinski definition) is 4. The molecule has 8 aliphatic carbocycles. The molecule has 264 valence electrons. The van der Waals surface area contributed by atoms with Crippen molar-refractivity contribution in [1.29, 1.82) is 0 Å². The van der Waals surface area contributed by atoms with Gasteiger partial charge in [-0.3, -0.25) is 19.5 Å². The maximum atomic E-state index is 17.2. The van der Waals surface area contributed by atoms with Crippen LogP contribution in [-0.4, -0.2) is 21.8 Å². The third-order valence-corrected chi connectivity index (χ3v) is 15.6. The van der Waals surface area contributed by atoms with Crippen LogP contribution >= 0.6 is 23.2 Å². The zero-order chi connectivity index (χ0) is 34.9. The molecule has 2 amide bonds. The van der Waals surface area contributed by atoms with Gasteiger partial charge in [0, 0.05) is 23.4 Å². The molecule has 0 saturated heterocycles. The Balaban J connectivity index is 1.31. The van der Waals surface area contributed by atoms with Crippen LogP contribution in [0.4, 0.5) is 11.4 Å². The highest BCUT2D eigenvalue weighted by Gasteiger charge is 2.74. The highest BCUT2D eigenvalue weighted by atomic mass is 35.5. The Bertz CT molecular complexity index is 2010. The Morgan fingerprint density at radius 1 is 0.745 bits per heavy atom. The van der Waals surface area contributed by atoms with E-state index in [9.17, 15) is 4.79 Å². The fraction of sp³-hybridized carbons (Fsp3) is 0.535. The van der Waals surface area contributed by atoms with E-state index in [4.69, 9.17) is 38.9 Å². The van der Waals surface area contributed by atoms with Crippen molar-refractivity contribution in [1.82, 2.24) is 9.97 Å². The zero-order valence-corrected chi connectivity index (χ0v) is 30.9. The number of nitrogens with two attached hydrogens (primary N) is 1. The predicted molar refractivity (Wildman–Crippen MR) is 203 cm³/mol. The maximum absolute atomic E-state index is 17.2. The van der Waals surface area contributed by atoms with Crippen LogP contribution in [0.2, 0.25) is 10.2 Å². The lowest BCUT2D eigenvalue weighted by molar-refractivity contribution is -0.226. The number of carbonyl (C=O) groups excluding carboxylic acids is 2. The third kappa shape index (κ3) is 4.67. The van der Waals surface area contributed by atoms with Gasteiger partial charge in [0.1, 0.15) is 5.15 Å². The van der Waals surface area contributed by atoms with Crippen molar-refractivity contribution < 1.29 is 9.59 Å². The van der Waals surface area contributed by atoms with E-state index in [1.165, 1.54) is 38.5 Å². The second-order valence-corrected chi connectivity index (χ2v) is 18.8. The molecule has 8 fully saturated rings. The summed E-state index contributed by atoms with van der Waals surface area (Å²) < 4.78 is 0. The first kappa shape index (κ1) is 32.4. The molecule has 8 bridgehead atoms. The number of rotatable bonds is 7. The highest BCUT2D eigenvalue weighted by molar-refractivity contribution is 6.36. The largest absolute Gasteiger partial charge is 0.370 e. The number of amides is 2. The third-order valence-electron chi connectivity index (χ3n) is 15.1. The van der Waals surface area contributed by atoms with Gasteiger partial charge in [0.05, 0.1) is 32.8 Å². The highest BCUT2D eigenvalue weighted by Crippen LogP contribution is 2.77. The van der Waals surface area contributed by atoms with Gasteiger partial charge in [0.25, 0.3) is 0 Å². The van der Waals surface area contributed by atoms with E-state index in [1.54, 1.807) is 12.3 Å². The predicted octanol–water partition coefficient (Wildman–Crippen LogP) is 10.4. The first-order valence-electron chi connectivity index (χ1n) is 19.3. The number of aromatic nitrogens is 2. The number of carbonyl (C=O) groups is 2. The SMILES string of the molecule is Cc1ccc2nc(Cl)ccc2c1N(C(=O)C(CC(N)=O)(C12CC3CC(CC(C3)C1)C2)C12CC3CC(CC(C3)C1)C2)c1c(Cl)ccc2ncccc12. The molecule has 8 aliphatic rings. The molecule has 0 aliphatic heterocycles. The number of nitrogens with zero attached hydrogens (tertiary/aromatic N) is 3. The van der Waals surface area contributed by atoms with Crippen molar-refractivity contribution in [2.75, 3.05) is 4.90 Å². The Labute approximate surface area is 309 Å². The molecule has 51 heavy (non-hydrogen) atoms. The summed E-state index contributed by atoms with van der Waals surface area (Å²) in [5.41, 5.74) is 8.69. The van der Waals surface area contributed by atoms with Crippen molar-refractivity contribution >= 4 is 68.2 Å². The molecule has 12 rings (SSSR count). The Hall–Kier alpha value is -3.22. The van der Waals surface area contributed by atoms with Crippen LogP contribution in [0.3, 0.4) is 0 Å².